The summed E-state index contributed by atoms with van der Waals surface area (Å²) in [7, 11) is 0. The van der Waals surface area contributed by atoms with Gasteiger partial charge >= 0.3 is 0 Å². The number of benzene rings is 2. The summed E-state index contributed by atoms with van der Waals surface area (Å²) in [6.45, 7) is 2.15. The van der Waals surface area contributed by atoms with E-state index in [-0.39, 0.29) is 18.3 Å². The maximum atomic E-state index is 12.0. The molecule has 0 aliphatic carbocycles. The van der Waals surface area contributed by atoms with Gasteiger partial charge in [-0.3, -0.25) is 4.79 Å². The molecule has 1 heterocycles. The smallest absolute Gasteiger partial charge is 0.228 e. The van der Waals surface area contributed by atoms with Gasteiger partial charge in [-0.15, -0.1) is 12.4 Å². The molecule has 116 valence electrons. The standard InChI is InChI=1S/C18H20N2O.ClH/c21-18(12-14-4-2-1-3-5-14)20-17-8-6-15(7-9-17)16-10-11-19-13-16;/h1-9,16,19H,10-13H2,(H,20,21);1H. The van der Waals surface area contributed by atoms with Gasteiger partial charge < -0.3 is 10.6 Å². The highest BCUT2D eigenvalue weighted by atomic mass is 35.5. The highest BCUT2D eigenvalue weighted by Crippen LogP contribution is 2.23. The lowest BCUT2D eigenvalue weighted by molar-refractivity contribution is -0.115. The Bertz CT molecular complexity index is 592. The van der Waals surface area contributed by atoms with E-state index in [1.54, 1.807) is 0 Å². The maximum Gasteiger partial charge on any atom is 0.228 e. The SMILES string of the molecule is Cl.O=C(Cc1ccccc1)Nc1ccc(C2CCNC2)cc1. The molecule has 2 aromatic carbocycles. The Hall–Kier alpha value is -1.84. The zero-order chi connectivity index (χ0) is 14.5. The van der Waals surface area contributed by atoms with Crippen molar-refractivity contribution in [3.63, 3.8) is 0 Å². The van der Waals surface area contributed by atoms with Gasteiger partial charge in [0.2, 0.25) is 5.91 Å². The van der Waals surface area contributed by atoms with Crippen molar-refractivity contribution in [2.24, 2.45) is 0 Å². The molecule has 1 atom stereocenters. The number of hydrogen-bond acceptors (Lipinski definition) is 2. The Labute approximate surface area is 137 Å². The third kappa shape index (κ3) is 4.33. The molecule has 0 radical (unpaired) electrons. The summed E-state index contributed by atoms with van der Waals surface area (Å²) in [6.07, 6.45) is 1.61. The number of rotatable bonds is 4. The van der Waals surface area contributed by atoms with E-state index < -0.39 is 0 Å². The summed E-state index contributed by atoms with van der Waals surface area (Å²) in [5.74, 6) is 0.635. The number of carbonyl (C=O) groups is 1. The minimum Gasteiger partial charge on any atom is -0.326 e. The molecule has 1 amide bonds. The molecule has 22 heavy (non-hydrogen) atoms. The fraction of sp³-hybridized carbons (Fsp3) is 0.278. The maximum absolute atomic E-state index is 12.0. The van der Waals surface area contributed by atoms with Crippen LogP contribution in [0.5, 0.6) is 0 Å². The van der Waals surface area contributed by atoms with Crippen LogP contribution in [0.4, 0.5) is 5.69 Å². The van der Waals surface area contributed by atoms with Crippen molar-refractivity contribution in [2.75, 3.05) is 18.4 Å². The fourth-order valence-corrected chi connectivity index (χ4v) is 2.76. The molecular formula is C18H21ClN2O. The first-order valence-electron chi connectivity index (χ1n) is 7.46. The molecule has 1 aliphatic heterocycles. The molecule has 3 rings (SSSR count). The van der Waals surface area contributed by atoms with Crippen molar-refractivity contribution in [1.29, 1.82) is 0 Å². The minimum atomic E-state index is 0. The van der Waals surface area contributed by atoms with Gasteiger partial charge in [-0.25, -0.2) is 0 Å². The van der Waals surface area contributed by atoms with E-state index in [2.05, 4.69) is 22.8 Å². The number of halogens is 1. The van der Waals surface area contributed by atoms with Gasteiger partial charge in [-0.1, -0.05) is 42.5 Å². The summed E-state index contributed by atoms with van der Waals surface area (Å²) in [5.41, 5.74) is 3.25. The van der Waals surface area contributed by atoms with E-state index in [1.807, 2.05) is 42.5 Å². The number of amides is 1. The van der Waals surface area contributed by atoms with Crippen molar-refractivity contribution in [3.8, 4) is 0 Å². The molecule has 0 spiro atoms. The molecule has 2 aromatic rings. The Morgan fingerprint density at radius 3 is 2.45 bits per heavy atom. The van der Waals surface area contributed by atoms with Gasteiger partial charge in [-0.05, 0) is 42.1 Å². The van der Waals surface area contributed by atoms with Crippen molar-refractivity contribution >= 4 is 24.0 Å². The van der Waals surface area contributed by atoms with E-state index in [4.69, 9.17) is 0 Å². The second-order valence-corrected chi connectivity index (χ2v) is 5.52. The third-order valence-electron chi connectivity index (χ3n) is 3.93. The average Bonchev–Trinajstić information content (AvgIpc) is 3.03. The minimum absolute atomic E-state index is 0. The summed E-state index contributed by atoms with van der Waals surface area (Å²) in [4.78, 5) is 12.0. The zero-order valence-corrected chi connectivity index (χ0v) is 13.2. The monoisotopic (exact) mass is 316 g/mol. The Kier molecular flexibility index (Phi) is 5.99. The Balaban J connectivity index is 0.00000176. The molecule has 4 heteroatoms. The van der Waals surface area contributed by atoms with Crippen molar-refractivity contribution in [1.82, 2.24) is 5.32 Å². The largest absolute Gasteiger partial charge is 0.326 e. The van der Waals surface area contributed by atoms with Crippen LogP contribution in [0.25, 0.3) is 0 Å². The molecule has 0 saturated carbocycles. The molecule has 2 N–H and O–H groups in total. The van der Waals surface area contributed by atoms with Gasteiger partial charge in [0.25, 0.3) is 0 Å². The molecule has 0 bridgehead atoms. The second kappa shape index (κ2) is 7.97. The van der Waals surface area contributed by atoms with Crippen molar-refractivity contribution < 1.29 is 4.79 Å². The van der Waals surface area contributed by atoms with Crippen molar-refractivity contribution in [3.05, 3.63) is 65.7 Å². The zero-order valence-electron chi connectivity index (χ0n) is 12.4. The molecule has 1 unspecified atom stereocenters. The van der Waals surface area contributed by atoms with Crippen LogP contribution in [0.2, 0.25) is 0 Å². The summed E-state index contributed by atoms with van der Waals surface area (Å²) < 4.78 is 0. The van der Waals surface area contributed by atoms with E-state index in [0.717, 1.165) is 24.3 Å². The van der Waals surface area contributed by atoms with E-state index >= 15 is 0 Å². The first kappa shape index (κ1) is 16.5. The summed E-state index contributed by atoms with van der Waals surface area (Å²) in [5, 5.41) is 6.33. The van der Waals surface area contributed by atoms with E-state index in [9.17, 15) is 4.79 Å². The van der Waals surface area contributed by atoms with Gasteiger partial charge in [0.15, 0.2) is 0 Å². The average molecular weight is 317 g/mol. The van der Waals surface area contributed by atoms with Crippen molar-refractivity contribution in [2.45, 2.75) is 18.8 Å². The molecule has 1 fully saturated rings. The molecule has 1 aliphatic rings. The Morgan fingerprint density at radius 2 is 1.82 bits per heavy atom. The molecule has 1 saturated heterocycles. The molecular weight excluding hydrogens is 296 g/mol. The van der Waals surface area contributed by atoms with Crippen LogP contribution in [0.15, 0.2) is 54.6 Å². The number of nitrogens with one attached hydrogen (secondary N) is 2. The quantitative estimate of drug-likeness (QED) is 0.908. The highest BCUT2D eigenvalue weighted by molar-refractivity contribution is 5.92. The summed E-state index contributed by atoms with van der Waals surface area (Å²) >= 11 is 0. The van der Waals surface area contributed by atoms with Gasteiger partial charge in [-0.2, -0.15) is 0 Å². The summed E-state index contributed by atoms with van der Waals surface area (Å²) in [6, 6.07) is 18.0. The second-order valence-electron chi connectivity index (χ2n) is 5.52. The first-order valence-corrected chi connectivity index (χ1v) is 7.46. The first-order chi connectivity index (χ1) is 10.3. The van der Waals surface area contributed by atoms with Crippen LogP contribution in [-0.4, -0.2) is 19.0 Å². The van der Waals surface area contributed by atoms with Crippen LogP contribution in [0.1, 0.15) is 23.5 Å². The van der Waals surface area contributed by atoms with Gasteiger partial charge in [0.05, 0.1) is 6.42 Å². The highest BCUT2D eigenvalue weighted by Gasteiger charge is 2.16. The topological polar surface area (TPSA) is 41.1 Å². The number of hydrogen-bond donors (Lipinski definition) is 2. The normalized spacial score (nSPS) is 16.8. The lowest BCUT2D eigenvalue weighted by Gasteiger charge is -2.10. The lowest BCUT2D eigenvalue weighted by Crippen LogP contribution is -2.14. The lowest BCUT2D eigenvalue weighted by atomic mass is 9.98. The molecule has 3 nitrogen and oxygen atoms in total. The van der Waals surface area contributed by atoms with Crippen LogP contribution in [0, 0.1) is 0 Å². The third-order valence-corrected chi connectivity index (χ3v) is 3.93. The van der Waals surface area contributed by atoms with Crippen LogP contribution in [-0.2, 0) is 11.2 Å². The van der Waals surface area contributed by atoms with Gasteiger partial charge in [0.1, 0.15) is 0 Å². The molecule has 0 aromatic heterocycles. The Morgan fingerprint density at radius 1 is 1.09 bits per heavy atom. The van der Waals surface area contributed by atoms with E-state index in [0.29, 0.717) is 12.3 Å². The predicted molar refractivity (Wildman–Crippen MR) is 92.7 cm³/mol. The number of carbonyl (C=O) groups excluding carboxylic acids is 1. The predicted octanol–water partition coefficient (Wildman–Crippen LogP) is 3.37. The van der Waals surface area contributed by atoms with Crippen LogP contribution in [0.3, 0.4) is 0 Å². The van der Waals surface area contributed by atoms with Gasteiger partial charge in [0, 0.05) is 12.2 Å². The van der Waals surface area contributed by atoms with Crippen LogP contribution >= 0.6 is 12.4 Å². The number of anilines is 1. The van der Waals surface area contributed by atoms with Crippen LogP contribution < -0.4 is 10.6 Å². The van der Waals surface area contributed by atoms with E-state index in [1.165, 1.54) is 12.0 Å². The fourth-order valence-electron chi connectivity index (χ4n) is 2.76.